The first-order chi connectivity index (χ1) is 14.0. The van der Waals surface area contributed by atoms with Crippen LogP contribution in [0.3, 0.4) is 0 Å². The molecule has 4 nitrogen and oxygen atoms in total. The molecule has 5 heteroatoms. The summed E-state index contributed by atoms with van der Waals surface area (Å²) in [6.45, 7) is 2.53. The highest BCUT2D eigenvalue weighted by atomic mass is 127. The van der Waals surface area contributed by atoms with Crippen molar-refractivity contribution in [2.45, 2.75) is 96.0 Å². The molecule has 1 heterocycles. The van der Waals surface area contributed by atoms with Gasteiger partial charge in [-0.3, -0.25) is 4.79 Å². The molecule has 0 amide bonds. The molecule has 0 saturated heterocycles. The first kappa shape index (κ1) is 24.4. The third-order valence-electron chi connectivity index (χ3n) is 6.22. The van der Waals surface area contributed by atoms with E-state index in [4.69, 9.17) is 0 Å². The number of unbranched alkanes of at least 4 members (excludes halogenated alkanes) is 11. The highest BCUT2D eigenvalue weighted by Crippen LogP contribution is 2.42. The number of fused-ring (bicyclic) bond motifs is 1. The Morgan fingerprint density at radius 2 is 1.59 bits per heavy atom. The maximum absolute atomic E-state index is 11.9. The maximum atomic E-state index is 11.9. The van der Waals surface area contributed by atoms with Gasteiger partial charge in [-0.15, -0.1) is 0 Å². The van der Waals surface area contributed by atoms with Crippen LogP contribution in [0.1, 0.15) is 96.0 Å². The lowest BCUT2D eigenvalue weighted by Crippen LogP contribution is -2.41. The second-order valence-corrected chi connectivity index (χ2v) is 9.78. The monoisotopic (exact) mass is 515 g/mol. The lowest BCUT2D eigenvalue weighted by Gasteiger charge is -2.30. The summed E-state index contributed by atoms with van der Waals surface area (Å²) in [5.74, 6) is -1.67. The molecule has 2 atom stereocenters. The zero-order valence-corrected chi connectivity index (χ0v) is 20.0. The number of rotatable bonds is 15. The fourth-order valence-electron chi connectivity index (χ4n) is 4.42. The highest BCUT2D eigenvalue weighted by molar-refractivity contribution is 14.1. The number of hydrogen-bond acceptors (Lipinski definition) is 3. The molecule has 0 fully saturated rings. The quantitative estimate of drug-likeness (QED) is 0.180. The van der Waals surface area contributed by atoms with Crippen LogP contribution in [0, 0.1) is 9.49 Å². The largest absolute Gasteiger partial charge is 0.481 e. The number of β-amino-alcohol motifs (C(OH)–C–C–N with tert-alkyl or cyclic N) is 1. The molecule has 1 aliphatic rings. The molecule has 0 bridgehead atoms. The summed E-state index contributed by atoms with van der Waals surface area (Å²) >= 11 is 2.21. The molecule has 1 aliphatic heterocycles. The van der Waals surface area contributed by atoms with Gasteiger partial charge in [-0.1, -0.05) is 84.0 Å². The number of halogens is 1. The first-order valence-electron chi connectivity index (χ1n) is 11.5. The van der Waals surface area contributed by atoms with Crippen LogP contribution in [-0.4, -0.2) is 22.7 Å². The second-order valence-electron chi connectivity index (χ2n) is 8.54. The third-order valence-corrected chi connectivity index (χ3v) is 6.89. The summed E-state index contributed by atoms with van der Waals surface area (Å²) in [5, 5.41) is 24.2. The van der Waals surface area contributed by atoms with Gasteiger partial charge in [-0.25, -0.2) is 0 Å². The average molecular weight is 515 g/mol. The van der Waals surface area contributed by atoms with Crippen molar-refractivity contribution in [3.8, 4) is 0 Å². The van der Waals surface area contributed by atoms with E-state index in [1.54, 1.807) is 0 Å². The van der Waals surface area contributed by atoms with Gasteiger partial charge in [0.2, 0.25) is 0 Å². The van der Waals surface area contributed by atoms with Crippen LogP contribution < -0.4 is 5.32 Å². The molecule has 0 saturated carbocycles. The predicted octanol–water partition coefficient (Wildman–Crippen LogP) is 6.70. The van der Waals surface area contributed by atoms with Crippen LogP contribution >= 0.6 is 22.6 Å². The van der Waals surface area contributed by atoms with Gasteiger partial charge in [0.15, 0.2) is 0 Å². The van der Waals surface area contributed by atoms with Crippen LogP contribution in [0.5, 0.6) is 0 Å². The normalized spacial score (nSPS) is 19.0. The Labute approximate surface area is 190 Å². The molecule has 0 aliphatic carbocycles. The SMILES string of the molecule is CCCCCCCCCCCCCCC(C(=O)O)C1(O)CNc2ccc(I)cc21. The van der Waals surface area contributed by atoms with E-state index in [9.17, 15) is 15.0 Å². The van der Waals surface area contributed by atoms with Crippen LogP contribution in [-0.2, 0) is 10.4 Å². The van der Waals surface area contributed by atoms with Gasteiger partial charge >= 0.3 is 5.97 Å². The summed E-state index contributed by atoms with van der Waals surface area (Å²) in [6, 6.07) is 5.81. The predicted molar refractivity (Wildman–Crippen MR) is 128 cm³/mol. The van der Waals surface area contributed by atoms with Gasteiger partial charge in [0.1, 0.15) is 5.60 Å². The fourth-order valence-corrected chi connectivity index (χ4v) is 4.91. The molecule has 0 spiro atoms. The summed E-state index contributed by atoms with van der Waals surface area (Å²) in [5.41, 5.74) is 0.268. The van der Waals surface area contributed by atoms with Crippen molar-refractivity contribution < 1.29 is 15.0 Å². The van der Waals surface area contributed by atoms with Crippen molar-refractivity contribution in [3.05, 3.63) is 27.3 Å². The third kappa shape index (κ3) is 7.42. The molecular weight excluding hydrogens is 477 g/mol. The van der Waals surface area contributed by atoms with Crippen molar-refractivity contribution in [1.82, 2.24) is 0 Å². The van der Waals surface area contributed by atoms with Crippen molar-refractivity contribution in [2.24, 2.45) is 5.92 Å². The first-order valence-corrected chi connectivity index (χ1v) is 12.6. The molecule has 0 radical (unpaired) electrons. The molecule has 3 N–H and O–H groups in total. The van der Waals surface area contributed by atoms with E-state index in [0.29, 0.717) is 6.42 Å². The van der Waals surface area contributed by atoms with Crippen molar-refractivity contribution in [3.63, 3.8) is 0 Å². The molecule has 2 unspecified atom stereocenters. The van der Waals surface area contributed by atoms with E-state index in [-0.39, 0.29) is 6.54 Å². The van der Waals surface area contributed by atoms with E-state index in [0.717, 1.165) is 34.1 Å². The molecule has 29 heavy (non-hydrogen) atoms. The highest BCUT2D eigenvalue weighted by Gasteiger charge is 2.47. The standard InChI is InChI=1S/C24H38INO3/c1-2-3-4-5-6-7-8-9-10-11-12-13-14-20(23(27)28)24(29)18-26-22-16-15-19(25)17-21(22)24/h15-17,20,26,29H,2-14,18H2,1H3,(H,27,28). The molecule has 2 rings (SSSR count). The smallest absolute Gasteiger partial charge is 0.309 e. The number of carboxylic acids is 1. The van der Waals surface area contributed by atoms with E-state index in [1.807, 2.05) is 18.2 Å². The van der Waals surface area contributed by atoms with Gasteiger partial charge in [0.25, 0.3) is 0 Å². The zero-order valence-electron chi connectivity index (χ0n) is 17.9. The van der Waals surface area contributed by atoms with Crippen molar-refractivity contribution >= 4 is 34.2 Å². The molecule has 164 valence electrons. The van der Waals surface area contributed by atoms with Gasteiger partial charge < -0.3 is 15.5 Å². The number of aliphatic hydroxyl groups is 1. The number of aliphatic carboxylic acids is 1. The fraction of sp³-hybridized carbons (Fsp3) is 0.708. The number of carbonyl (C=O) groups is 1. The van der Waals surface area contributed by atoms with E-state index < -0.39 is 17.5 Å². The summed E-state index contributed by atoms with van der Waals surface area (Å²) in [4.78, 5) is 11.9. The summed E-state index contributed by atoms with van der Waals surface area (Å²) in [6.07, 6.45) is 15.6. The minimum absolute atomic E-state index is 0.275. The molecule has 1 aromatic rings. The topological polar surface area (TPSA) is 69.6 Å². The van der Waals surface area contributed by atoms with Crippen LogP contribution in [0.25, 0.3) is 0 Å². The molecular formula is C24H38INO3. The van der Waals surface area contributed by atoms with Crippen LogP contribution in [0.15, 0.2) is 18.2 Å². The Bertz CT molecular complexity index is 637. The summed E-state index contributed by atoms with van der Waals surface area (Å²) in [7, 11) is 0. The Morgan fingerprint density at radius 3 is 2.14 bits per heavy atom. The van der Waals surface area contributed by atoms with Gasteiger partial charge in [0, 0.05) is 21.4 Å². The van der Waals surface area contributed by atoms with E-state index in [1.165, 1.54) is 57.8 Å². The number of anilines is 1. The van der Waals surface area contributed by atoms with Gasteiger partial charge in [0.05, 0.1) is 5.92 Å². The summed E-state index contributed by atoms with van der Waals surface area (Å²) < 4.78 is 1.01. The number of nitrogens with one attached hydrogen (secondary N) is 1. The number of carboxylic acid groups (broad SMARTS) is 1. The van der Waals surface area contributed by atoms with E-state index in [2.05, 4.69) is 34.8 Å². The number of benzene rings is 1. The minimum Gasteiger partial charge on any atom is -0.481 e. The second kappa shape index (κ2) is 12.8. The van der Waals surface area contributed by atoms with Gasteiger partial charge in [-0.05, 0) is 47.2 Å². The average Bonchev–Trinajstić information content (AvgIpc) is 3.02. The van der Waals surface area contributed by atoms with Crippen molar-refractivity contribution in [2.75, 3.05) is 11.9 Å². The Morgan fingerprint density at radius 1 is 1.03 bits per heavy atom. The van der Waals surface area contributed by atoms with E-state index >= 15 is 0 Å². The van der Waals surface area contributed by atoms with Crippen molar-refractivity contribution in [1.29, 1.82) is 0 Å². The Hall–Kier alpha value is -0.820. The maximum Gasteiger partial charge on any atom is 0.309 e. The van der Waals surface area contributed by atoms with Crippen LogP contribution in [0.4, 0.5) is 5.69 Å². The Kier molecular flexibility index (Phi) is 10.8. The number of hydrogen-bond donors (Lipinski definition) is 3. The lowest BCUT2D eigenvalue weighted by atomic mass is 9.79. The molecule has 1 aromatic carbocycles. The minimum atomic E-state index is -1.32. The lowest BCUT2D eigenvalue weighted by molar-refractivity contribution is -0.152. The zero-order chi connectivity index (χ0) is 21.1. The van der Waals surface area contributed by atoms with Crippen LogP contribution in [0.2, 0.25) is 0 Å². The molecule has 0 aromatic heterocycles. The Balaban J connectivity index is 1.67. The van der Waals surface area contributed by atoms with Gasteiger partial charge in [-0.2, -0.15) is 0 Å².